The summed E-state index contributed by atoms with van der Waals surface area (Å²) in [5.41, 5.74) is 0.913. The van der Waals surface area contributed by atoms with E-state index in [4.69, 9.17) is 11.6 Å². The molecule has 0 spiro atoms. The standard InChI is InChI=1S/C15H20ClNO2/c1-15(17-14(19)10-16)9-3-2-4-13(15)11-5-7-12(18)8-6-11/h5-8,13,18H,2-4,9-10H2,1H3,(H,17,19)/t13-,15-/m1/s1. The summed E-state index contributed by atoms with van der Waals surface area (Å²) in [6, 6.07) is 7.29. The average Bonchev–Trinajstić information content (AvgIpc) is 2.40. The molecule has 19 heavy (non-hydrogen) atoms. The lowest BCUT2D eigenvalue weighted by Crippen LogP contribution is -2.52. The molecule has 0 saturated heterocycles. The van der Waals surface area contributed by atoms with Crippen molar-refractivity contribution in [3.05, 3.63) is 29.8 Å². The van der Waals surface area contributed by atoms with Gasteiger partial charge in [-0.25, -0.2) is 0 Å². The van der Waals surface area contributed by atoms with Crippen LogP contribution in [0.15, 0.2) is 24.3 Å². The largest absolute Gasteiger partial charge is 0.508 e. The van der Waals surface area contributed by atoms with Crippen molar-refractivity contribution in [1.29, 1.82) is 0 Å². The summed E-state index contributed by atoms with van der Waals surface area (Å²) in [5.74, 6) is 0.424. The minimum Gasteiger partial charge on any atom is -0.508 e. The van der Waals surface area contributed by atoms with Gasteiger partial charge in [0.15, 0.2) is 0 Å². The molecule has 1 aliphatic carbocycles. The molecule has 1 saturated carbocycles. The predicted molar refractivity (Wildman–Crippen MR) is 76.6 cm³/mol. The molecule has 0 aliphatic heterocycles. The summed E-state index contributed by atoms with van der Waals surface area (Å²) in [6.45, 7) is 2.09. The lowest BCUT2D eigenvalue weighted by atomic mass is 9.70. The lowest BCUT2D eigenvalue weighted by Gasteiger charge is -2.42. The highest BCUT2D eigenvalue weighted by Gasteiger charge is 2.38. The van der Waals surface area contributed by atoms with Gasteiger partial charge in [0, 0.05) is 11.5 Å². The molecule has 0 radical (unpaired) electrons. The van der Waals surface area contributed by atoms with Crippen LogP contribution in [0.4, 0.5) is 0 Å². The first-order chi connectivity index (χ1) is 9.05. The quantitative estimate of drug-likeness (QED) is 0.836. The number of carbonyl (C=O) groups excluding carboxylic acids is 1. The highest BCUT2D eigenvalue weighted by atomic mass is 35.5. The summed E-state index contributed by atoms with van der Waals surface area (Å²) < 4.78 is 0. The highest BCUT2D eigenvalue weighted by Crippen LogP contribution is 2.41. The number of nitrogens with one attached hydrogen (secondary N) is 1. The molecule has 0 aromatic heterocycles. The number of rotatable bonds is 3. The molecule has 1 aromatic rings. The third kappa shape index (κ3) is 3.21. The van der Waals surface area contributed by atoms with Crippen molar-refractivity contribution in [2.24, 2.45) is 0 Å². The Hall–Kier alpha value is -1.22. The third-order valence-corrected chi connectivity index (χ3v) is 4.29. The molecule has 2 N–H and O–H groups in total. The van der Waals surface area contributed by atoms with Crippen molar-refractivity contribution in [2.45, 2.75) is 44.1 Å². The van der Waals surface area contributed by atoms with Crippen molar-refractivity contribution in [2.75, 3.05) is 5.88 Å². The molecular formula is C15H20ClNO2. The van der Waals surface area contributed by atoms with E-state index in [-0.39, 0.29) is 29.0 Å². The Bertz CT molecular complexity index is 446. The first-order valence-corrected chi connectivity index (χ1v) is 7.24. The van der Waals surface area contributed by atoms with Crippen LogP contribution in [-0.2, 0) is 4.79 Å². The second-order valence-corrected chi connectivity index (χ2v) is 5.76. The Labute approximate surface area is 119 Å². The third-order valence-electron chi connectivity index (χ3n) is 4.05. The Morgan fingerprint density at radius 1 is 1.42 bits per heavy atom. The predicted octanol–water partition coefficient (Wildman–Crippen LogP) is 3.16. The normalized spacial score (nSPS) is 26.9. The fourth-order valence-electron chi connectivity index (χ4n) is 3.08. The zero-order chi connectivity index (χ0) is 13.9. The highest BCUT2D eigenvalue weighted by molar-refractivity contribution is 6.27. The first-order valence-electron chi connectivity index (χ1n) is 6.71. The zero-order valence-electron chi connectivity index (χ0n) is 11.2. The minimum atomic E-state index is -0.249. The fraction of sp³-hybridized carbons (Fsp3) is 0.533. The van der Waals surface area contributed by atoms with E-state index in [1.165, 1.54) is 0 Å². The van der Waals surface area contributed by atoms with Crippen molar-refractivity contribution in [3.63, 3.8) is 0 Å². The van der Waals surface area contributed by atoms with Gasteiger partial charge < -0.3 is 10.4 Å². The Balaban J connectivity index is 2.24. The molecule has 0 unspecified atom stereocenters. The maximum absolute atomic E-state index is 11.6. The maximum atomic E-state index is 11.6. The van der Waals surface area contributed by atoms with Crippen LogP contribution in [-0.4, -0.2) is 22.4 Å². The zero-order valence-corrected chi connectivity index (χ0v) is 11.9. The molecule has 2 atom stereocenters. The second kappa shape index (κ2) is 5.83. The number of phenols is 1. The van der Waals surface area contributed by atoms with E-state index in [1.807, 2.05) is 12.1 Å². The molecule has 1 aromatic carbocycles. The molecule has 1 aliphatic rings. The van der Waals surface area contributed by atoms with E-state index < -0.39 is 0 Å². The number of hydrogen-bond donors (Lipinski definition) is 2. The molecule has 1 fully saturated rings. The van der Waals surface area contributed by atoms with Crippen molar-refractivity contribution in [3.8, 4) is 5.75 Å². The fourth-order valence-corrected chi connectivity index (χ4v) is 3.14. The number of halogens is 1. The Morgan fingerprint density at radius 3 is 2.74 bits per heavy atom. The molecule has 3 nitrogen and oxygen atoms in total. The smallest absolute Gasteiger partial charge is 0.235 e. The summed E-state index contributed by atoms with van der Waals surface area (Å²) in [5, 5.41) is 12.5. The number of phenolic OH excluding ortho intramolecular Hbond substituents is 1. The van der Waals surface area contributed by atoms with Gasteiger partial charge in [0.2, 0.25) is 5.91 Å². The van der Waals surface area contributed by atoms with Crippen LogP contribution in [0.1, 0.15) is 44.1 Å². The van der Waals surface area contributed by atoms with Gasteiger partial charge in [-0.2, -0.15) is 0 Å². The topological polar surface area (TPSA) is 49.3 Å². The molecule has 1 amide bonds. The monoisotopic (exact) mass is 281 g/mol. The Kier molecular flexibility index (Phi) is 4.35. The van der Waals surface area contributed by atoms with Crippen LogP contribution >= 0.6 is 11.6 Å². The number of benzene rings is 1. The van der Waals surface area contributed by atoms with E-state index >= 15 is 0 Å². The van der Waals surface area contributed by atoms with Gasteiger partial charge in [0.1, 0.15) is 11.6 Å². The summed E-state index contributed by atoms with van der Waals surface area (Å²) in [4.78, 5) is 11.6. The summed E-state index contributed by atoms with van der Waals surface area (Å²) in [7, 11) is 0. The van der Waals surface area contributed by atoms with E-state index in [9.17, 15) is 9.90 Å². The number of amides is 1. The Morgan fingerprint density at radius 2 is 2.11 bits per heavy atom. The van der Waals surface area contributed by atoms with Crippen molar-refractivity contribution in [1.82, 2.24) is 5.32 Å². The SMILES string of the molecule is C[C@@]1(NC(=O)CCl)CCCC[C@@H]1c1ccc(O)cc1. The molecule has 104 valence electrons. The molecule has 0 bridgehead atoms. The lowest BCUT2D eigenvalue weighted by molar-refractivity contribution is -0.121. The summed E-state index contributed by atoms with van der Waals surface area (Å²) in [6.07, 6.45) is 4.29. The van der Waals surface area contributed by atoms with Crippen LogP contribution in [0.5, 0.6) is 5.75 Å². The van der Waals surface area contributed by atoms with Gasteiger partial charge in [-0.1, -0.05) is 25.0 Å². The van der Waals surface area contributed by atoms with E-state index in [1.54, 1.807) is 12.1 Å². The first kappa shape index (κ1) is 14.2. The van der Waals surface area contributed by atoms with E-state index in [2.05, 4.69) is 12.2 Å². The van der Waals surface area contributed by atoms with Crippen LogP contribution < -0.4 is 5.32 Å². The minimum absolute atomic E-state index is 0.00210. The molecule has 0 heterocycles. The van der Waals surface area contributed by atoms with Crippen LogP contribution in [0, 0.1) is 0 Å². The van der Waals surface area contributed by atoms with Gasteiger partial charge in [0.05, 0.1) is 0 Å². The maximum Gasteiger partial charge on any atom is 0.235 e. The molecule has 4 heteroatoms. The van der Waals surface area contributed by atoms with Crippen molar-refractivity contribution >= 4 is 17.5 Å². The number of carbonyl (C=O) groups is 1. The van der Waals surface area contributed by atoms with Gasteiger partial charge in [-0.3, -0.25) is 4.79 Å². The van der Waals surface area contributed by atoms with Crippen LogP contribution in [0.2, 0.25) is 0 Å². The average molecular weight is 282 g/mol. The number of hydrogen-bond acceptors (Lipinski definition) is 2. The van der Waals surface area contributed by atoms with Crippen LogP contribution in [0.3, 0.4) is 0 Å². The number of alkyl halides is 1. The second-order valence-electron chi connectivity index (χ2n) is 5.49. The van der Waals surface area contributed by atoms with Gasteiger partial charge in [-0.15, -0.1) is 11.6 Å². The van der Waals surface area contributed by atoms with E-state index in [0.29, 0.717) is 0 Å². The molecule has 2 rings (SSSR count). The van der Waals surface area contributed by atoms with Gasteiger partial charge in [-0.05, 0) is 37.5 Å². The molecular weight excluding hydrogens is 262 g/mol. The van der Waals surface area contributed by atoms with Crippen LogP contribution in [0.25, 0.3) is 0 Å². The van der Waals surface area contributed by atoms with E-state index in [0.717, 1.165) is 31.2 Å². The van der Waals surface area contributed by atoms with Gasteiger partial charge in [0.25, 0.3) is 0 Å². The van der Waals surface area contributed by atoms with Crippen molar-refractivity contribution < 1.29 is 9.90 Å². The summed E-state index contributed by atoms with van der Waals surface area (Å²) >= 11 is 5.60. The number of aromatic hydroxyl groups is 1. The van der Waals surface area contributed by atoms with Gasteiger partial charge >= 0.3 is 0 Å².